The summed E-state index contributed by atoms with van der Waals surface area (Å²) in [6.07, 6.45) is 6.40. The molecule has 1 aliphatic rings. The van der Waals surface area contributed by atoms with Crippen molar-refractivity contribution in [3.63, 3.8) is 0 Å². The Balaban J connectivity index is 1.68. The van der Waals surface area contributed by atoms with Crippen LogP contribution in [0.2, 0.25) is 0 Å². The molecule has 0 atom stereocenters. The van der Waals surface area contributed by atoms with Crippen LogP contribution >= 0.6 is 11.3 Å². The Bertz CT molecular complexity index is 683. The summed E-state index contributed by atoms with van der Waals surface area (Å²) < 4.78 is 1.86. The lowest BCUT2D eigenvalue weighted by Gasteiger charge is -2.11. The average molecular weight is 301 g/mol. The third kappa shape index (κ3) is 2.96. The summed E-state index contributed by atoms with van der Waals surface area (Å²) >= 11 is 1.50. The highest BCUT2D eigenvalue weighted by atomic mass is 32.1. The van der Waals surface area contributed by atoms with Crippen molar-refractivity contribution in [3.8, 4) is 6.07 Å². The third-order valence-electron chi connectivity index (χ3n) is 3.45. The molecule has 2 aromatic rings. The van der Waals surface area contributed by atoms with Gasteiger partial charge in [-0.15, -0.1) is 11.3 Å². The number of amides is 1. The number of fused-ring (bicyclic) bond motifs is 1. The Labute approximate surface area is 126 Å². The van der Waals surface area contributed by atoms with Crippen molar-refractivity contribution in [1.29, 1.82) is 5.26 Å². The highest BCUT2D eigenvalue weighted by Crippen LogP contribution is 2.34. The van der Waals surface area contributed by atoms with Crippen LogP contribution in [0.3, 0.4) is 0 Å². The van der Waals surface area contributed by atoms with Gasteiger partial charge in [-0.25, -0.2) is 4.98 Å². The number of rotatable bonds is 4. The number of thiophene rings is 1. The lowest BCUT2D eigenvalue weighted by atomic mass is 10.1. The molecule has 6 nitrogen and oxygen atoms in total. The van der Waals surface area contributed by atoms with E-state index < -0.39 is 0 Å². The van der Waals surface area contributed by atoms with E-state index in [4.69, 9.17) is 0 Å². The summed E-state index contributed by atoms with van der Waals surface area (Å²) in [6.45, 7) is 2.24. The van der Waals surface area contributed by atoms with Crippen molar-refractivity contribution < 1.29 is 4.79 Å². The molecule has 0 saturated heterocycles. The molecule has 3 heterocycles. The second kappa shape index (κ2) is 6.08. The first kappa shape index (κ1) is 13.8. The molecule has 0 radical (unpaired) electrons. The number of aromatic nitrogens is 2. The second-order valence-corrected chi connectivity index (χ2v) is 5.95. The van der Waals surface area contributed by atoms with Gasteiger partial charge in [0.25, 0.3) is 0 Å². The van der Waals surface area contributed by atoms with Gasteiger partial charge in [-0.05, 0) is 18.5 Å². The maximum absolute atomic E-state index is 12.0. The number of hydrogen-bond donors (Lipinski definition) is 2. The molecule has 21 heavy (non-hydrogen) atoms. The minimum atomic E-state index is -0.0771. The number of carbonyl (C=O) groups is 1. The summed E-state index contributed by atoms with van der Waals surface area (Å²) in [5.41, 5.74) is 1.72. The van der Waals surface area contributed by atoms with Gasteiger partial charge in [0.2, 0.25) is 5.91 Å². The monoisotopic (exact) mass is 301 g/mol. The summed E-state index contributed by atoms with van der Waals surface area (Å²) in [5, 5.41) is 16.2. The molecule has 0 spiro atoms. The topological polar surface area (TPSA) is 82.7 Å². The Morgan fingerprint density at radius 1 is 1.62 bits per heavy atom. The van der Waals surface area contributed by atoms with Gasteiger partial charge in [0.1, 0.15) is 11.1 Å². The molecule has 1 amide bonds. The molecule has 0 fully saturated rings. The van der Waals surface area contributed by atoms with Crippen LogP contribution < -0.4 is 10.6 Å². The molecular formula is C14H15N5OS. The largest absolute Gasteiger partial charge is 0.337 e. The molecular weight excluding hydrogens is 286 g/mol. The van der Waals surface area contributed by atoms with E-state index in [0.29, 0.717) is 23.5 Å². The quantitative estimate of drug-likeness (QED) is 0.896. The fourth-order valence-electron chi connectivity index (χ4n) is 2.38. The zero-order valence-corrected chi connectivity index (χ0v) is 12.2. The first-order valence-electron chi connectivity index (χ1n) is 6.79. The fraction of sp³-hybridized carbons (Fsp3) is 0.357. The molecule has 1 aliphatic heterocycles. The van der Waals surface area contributed by atoms with E-state index in [1.165, 1.54) is 11.3 Å². The smallest absolute Gasteiger partial charge is 0.226 e. The number of nitriles is 1. The number of nitrogens with zero attached hydrogens (tertiary/aromatic N) is 3. The highest BCUT2D eigenvalue weighted by molar-refractivity contribution is 7.16. The first-order valence-corrected chi connectivity index (χ1v) is 7.60. The molecule has 2 aromatic heterocycles. The van der Waals surface area contributed by atoms with Gasteiger partial charge < -0.3 is 15.2 Å². The van der Waals surface area contributed by atoms with Crippen LogP contribution in [0.1, 0.15) is 22.4 Å². The van der Waals surface area contributed by atoms with Crippen molar-refractivity contribution in [2.75, 3.05) is 11.9 Å². The summed E-state index contributed by atoms with van der Waals surface area (Å²) in [6, 6.07) is 2.23. The SMILES string of the molecule is N#Cc1c(NC(=O)CCn2ccnc2)sc2c1CCNC2. The van der Waals surface area contributed by atoms with Crippen molar-refractivity contribution in [2.45, 2.75) is 25.9 Å². The van der Waals surface area contributed by atoms with E-state index in [0.717, 1.165) is 30.0 Å². The lowest BCUT2D eigenvalue weighted by Crippen LogP contribution is -2.22. The van der Waals surface area contributed by atoms with Crippen LogP contribution in [-0.2, 0) is 24.3 Å². The van der Waals surface area contributed by atoms with Gasteiger partial charge >= 0.3 is 0 Å². The molecule has 0 unspecified atom stereocenters. The summed E-state index contributed by atoms with van der Waals surface area (Å²) in [7, 11) is 0. The number of nitrogens with one attached hydrogen (secondary N) is 2. The molecule has 108 valence electrons. The minimum absolute atomic E-state index is 0.0771. The van der Waals surface area contributed by atoms with Crippen LogP contribution in [0, 0.1) is 11.3 Å². The Morgan fingerprint density at radius 3 is 3.29 bits per heavy atom. The van der Waals surface area contributed by atoms with E-state index in [-0.39, 0.29) is 5.91 Å². The van der Waals surface area contributed by atoms with Gasteiger partial charge in [-0.2, -0.15) is 5.26 Å². The van der Waals surface area contributed by atoms with E-state index in [2.05, 4.69) is 21.7 Å². The van der Waals surface area contributed by atoms with E-state index >= 15 is 0 Å². The molecule has 7 heteroatoms. The number of imidazole rings is 1. The minimum Gasteiger partial charge on any atom is -0.337 e. The van der Waals surface area contributed by atoms with Crippen LogP contribution in [0.15, 0.2) is 18.7 Å². The standard InChI is InChI=1S/C14H15N5OS/c15-7-11-10-1-3-16-8-12(10)21-14(11)18-13(20)2-5-19-6-4-17-9-19/h4,6,9,16H,1-3,5,8H2,(H,18,20). The predicted molar refractivity (Wildman–Crippen MR) is 79.9 cm³/mol. The summed E-state index contributed by atoms with van der Waals surface area (Å²) in [5.74, 6) is -0.0771. The van der Waals surface area contributed by atoms with Crippen molar-refractivity contribution in [1.82, 2.24) is 14.9 Å². The second-order valence-electron chi connectivity index (χ2n) is 4.85. The zero-order valence-electron chi connectivity index (χ0n) is 11.4. The highest BCUT2D eigenvalue weighted by Gasteiger charge is 2.21. The van der Waals surface area contributed by atoms with Gasteiger partial charge in [-0.1, -0.05) is 0 Å². The van der Waals surface area contributed by atoms with Crippen LogP contribution in [-0.4, -0.2) is 22.0 Å². The zero-order chi connectivity index (χ0) is 14.7. The average Bonchev–Trinajstić information content (AvgIpc) is 3.12. The molecule has 2 N–H and O–H groups in total. The van der Waals surface area contributed by atoms with Crippen LogP contribution in [0.25, 0.3) is 0 Å². The number of carbonyl (C=O) groups excluding carboxylic acids is 1. The maximum Gasteiger partial charge on any atom is 0.226 e. The molecule has 0 saturated carbocycles. The van der Waals surface area contributed by atoms with E-state index in [1.54, 1.807) is 12.5 Å². The van der Waals surface area contributed by atoms with E-state index in [9.17, 15) is 10.1 Å². The van der Waals surface area contributed by atoms with Gasteiger partial charge in [0.15, 0.2) is 0 Å². The molecule has 0 aliphatic carbocycles. The number of aryl methyl sites for hydroxylation is 1. The molecule has 0 bridgehead atoms. The van der Waals surface area contributed by atoms with Crippen LogP contribution in [0.4, 0.5) is 5.00 Å². The Kier molecular flexibility index (Phi) is 3.99. The normalized spacial score (nSPS) is 13.5. The van der Waals surface area contributed by atoms with Gasteiger partial charge in [0, 0.05) is 36.8 Å². The van der Waals surface area contributed by atoms with Crippen LogP contribution in [0.5, 0.6) is 0 Å². The van der Waals surface area contributed by atoms with Gasteiger partial charge in [-0.3, -0.25) is 4.79 Å². The van der Waals surface area contributed by atoms with Crippen molar-refractivity contribution in [3.05, 3.63) is 34.7 Å². The maximum atomic E-state index is 12.0. The Hall–Kier alpha value is -2.17. The number of hydrogen-bond acceptors (Lipinski definition) is 5. The summed E-state index contributed by atoms with van der Waals surface area (Å²) in [4.78, 5) is 17.1. The van der Waals surface area contributed by atoms with Crippen molar-refractivity contribution in [2.24, 2.45) is 0 Å². The third-order valence-corrected chi connectivity index (χ3v) is 4.60. The van der Waals surface area contributed by atoms with Crippen molar-refractivity contribution >= 4 is 22.2 Å². The Morgan fingerprint density at radius 2 is 2.52 bits per heavy atom. The van der Waals surface area contributed by atoms with Gasteiger partial charge in [0.05, 0.1) is 11.9 Å². The lowest BCUT2D eigenvalue weighted by molar-refractivity contribution is -0.116. The number of anilines is 1. The molecule has 3 rings (SSSR count). The predicted octanol–water partition coefficient (Wildman–Crippen LogP) is 1.49. The first-order chi connectivity index (χ1) is 10.3. The fourth-order valence-corrected chi connectivity index (χ4v) is 3.56. The van der Waals surface area contributed by atoms with E-state index in [1.807, 2.05) is 10.8 Å². The molecule has 0 aromatic carbocycles.